The molecule has 0 aromatic heterocycles. The van der Waals surface area contributed by atoms with Crippen LogP contribution in [0.2, 0.25) is 0 Å². The molecule has 0 N–H and O–H groups in total. The molecule has 0 aliphatic carbocycles. The molecule has 0 spiro atoms. The predicted molar refractivity (Wildman–Crippen MR) is 112 cm³/mol. The van der Waals surface area contributed by atoms with E-state index < -0.39 is 27.9 Å². The average molecular weight is 441 g/mol. The van der Waals surface area contributed by atoms with Gasteiger partial charge in [-0.05, 0) is 42.0 Å². The highest BCUT2D eigenvalue weighted by atomic mass is 32.2. The van der Waals surface area contributed by atoms with Crippen LogP contribution >= 0.6 is 0 Å². The minimum Gasteiger partial charge on any atom is -0.491 e. The van der Waals surface area contributed by atoms with Crippen molar-refractivity contribution >= 4 is 16.0 Å². The first-order chi connectivity index (χ1) is 14.9. The first-order valence-corrected chi connectivity index (χ1v) is 11.0. The van der Waals surface area contributed by atoms with Crippen LogP contribution in [-0.2, 0) is 21.3 Å². The summed E-state index contributed by atoms with van der Waals surface area (Å²) in [5.41, 5.74) is 1.68. The van der Waals surface area contributed by atoms with Crippen molar-refractivity contribution in [3.05, 3.63) is 95.3 Å². The molecule has 3 aromatic rings. The molecule has 0 bridgehead atoms. The van der Waals surface area contributed by atoms with Crippen LogP contribution in [0.25, 0.3) is 0 Å². The first kappa shape index (κ1) is 21.0. The molecule has 0 fully saturated rings. The third-order valence-corrected chi connectivity index (χ3v) is 7.03. The molecule has 0 amide bonds. The van der Waals surface area contributed by atoms with Gasteiger partial charge in [-0.1, -0.05) is 36.4 Å². The van der Waals surface area contributed by atoms with Crippen LogP contribution in [0.4, 0.5) is 4.39 Å². The molecule has 0 saturated heterocycles. The van der Waals surface area contributed by atoms with Crippen molar-refractivity contribution in [3.8, 4) is 5.75 Å². The third kappa shape index (κ3) is 4.17. The topological polar surface area (TPSA) is 72.9 Å². The van der Waals surface area contributed by atoms with E-state index in [2.05, 4.69) is 0 Å². The minimum atomic E-state index is -3.98. The van der Waals surface area contributed by atoms with Crippen molar-refractivity contribution in [1.29, 1.82) is 0 Å². The first-order valence-electron chi connectivity index (χ1n) is 9.56. The molecule has 6 nitrogen and oxygen atoms in total. The standard InChI is InChI=1S/C23H20FNO5S/c1-29-23(26)17-7-8-18-14-25(31(27,28)20-11-9-19(24)10-12-20)21(15-30-22(18)13-17)16-5-3-2-4-6-16/h2-13,21H,14-15H2,1H3/t21-/m1/s1. The lowest BCUT2D eigenvalue weighted by Crippen LogP contribution is -2.36. The summed E-state index contributed by atoms with van der Waals surface area (Å²) in [6.07, 6.45) is 0. The summed E-state index contributed by atoms with van der Waals surface area (Å²) in [6, 6.07) is 18.1. The maximum Gasteiger partial charge on any atom is 0.337 e. The van der Waals surface area contributed by atoms with E-state index in [0.717, 1.165) is 17.7 Å². The predicted octanol–water partition coefficient (Wildman–Crippen LogP) is 3.94. The van der Waals surface area contributed by atoms with Crippen molar-refractivity contribution in [2.45, 2.75) is 17.5 Å². The second-order valence-electron chi connectivity index (χ2n) is 7.06. The molecule has 1 aliphatic rings. The number of rotatable bonds is 4. The highest BCUT2D eigenvalue weighted by Crippen LogP contribution is 2.36. The Morgan fingerprint density at radius 2 is 1.77 bits per heavy atom. The lowest BCUT2D eigenvalue weighted by atomic mass is 10.1. The van der Waals surface area contributed by atoms with Gasteiger partial charge in [0.05, 0.1) is 23.6 Å². The molecule has 3 aromatic carbocycles. The van der Waals surface area contributed by atoms with Gasteiger partial charge in [-0.2, -0.15) is 4.31 Å². The summed E-state index contributed by atoms with van der Waals surface area (Å²) in [5, 5.41) is 0. The summed E-state index contributed by atoms with van der Waals surface area (Å²) in [5.74, 6) is -0.606. The molecule has 8 heteroatoms. The number of fused-ring (bicyclic) bond motifs is 1. The Kier molecular flexibility index (Phi) is 5.75. The second kappa shape index (κ2) is 8.49. The van der Waals surface area contributed by atoms with E-state index in [1.807, 2.05) is 30.3 Å². The Bertz CT molecular complexity index is 1200. The average Bonchev–Trinajstić information content (AvgIpc) is 2.99. The molecular weight excluding hydrogens is 421 g/mol. The SMILES string of the molecule is COC(=O)c1ccc2c(c1)OC[C@H](c1ccccc1)N(S(=O)(=O)c1ccc(F)cc1)C2. The van der Waals surface area contributed by atoms with Crippen LogP contribution in [0, 0.1) is 5.82 Å². The van der Waals surface area contributed by atoms with Crippen LogP contribution in [0.3, 0.4) is 0 Å². The van der Waals surface area contributed by atoms with Crippen molar-refractivity contribution in [2.75, 3.05) is 13.7 Å². The molecule has 1 heterocycles. The quantitative estimate of drug-likeness (QED) is 0.574. The Morgan fingerprint density at radius 1 is 1.06 bits per heavy atom. The smallest absolute Gasteiger partial charge is 0.337 e. The highest BCUT2D eigenvalue weighted by Gasteiger charge is 2.36. The van der Waals surface area contributed by atoms with Gasteiger partial charge in [0.2, 0.25) is 10.0 Å². The Morgan fingerprint density at radius 3 is 2.45 bits per heavy atom. The van der Waals surface area contributed by atoms with Crippen LogP contribution in [0.15, 0.2) is 77.7 Å². The van der Waals surface area contributed by atoms with E-state index in [0.29, 0.717) is 16.9 Å². The summed E-state index contributed by atoms with van der Waals surface area (Å²) in [6.45, 7) is 0.0676. The monoisotopic (exact) mass is 441 g/mol. The van der Waals surface area contributed by atoms with Crippen LogP contribution in [0.5, 0.6) is 5.75 Å². The highest BCUT2D eigenvalue weighted by molar-refractivity contribution is 7.89. The number of ether oxygens (including phenoxy) is 2. The Hall–Kier alpha value is -3.23. The molecule has 160 valence electrons. The van der Waals surface area contributed by atoms with Gasteiger partial charge in [-0.15, -0.1) is 0 Å². The number of halogens is 1. The largest absolute Gasteiger partial charge is 0.491 e. The normalized spacial score (nSPS) is 16.6. The maximum absolute atomic E-state index is 13.5. The maximum atomic E-state index is 13.5. The van der Waals surface area contributed by atoms with E-state index in [4.69, 9.17) is 9.47 Å². The zero-order valence-corrected chi connectivity index (χ0v) is 17.5. The van der Waals surface area contributed by atoms with Gasteiger partial charge in [-0.25, -0.2) is 17.6 Å². The number of nitrogens with zero attached hydrogens (tertiary/aromatic N) is 1. The van der Waals surface area contributed by atoms with Crippen LogP contribution in [-0.4, -0.2) is 32.4 Å². The van der Waals surface area contributed by atoms with Gasteiger partial charge in [0.15, 0.2) is 0 Å². The van der Waals surface area contributed by atoms with Gasteiger partial charge >= 0.3 is 5.97 Å². The number of carbonyl (C=O) groups is 1. The van der Waals surface area contributed by atoms with E-state index >= 15 is 0 Å². The van der Waals surface area contributed by atoms with E-state index in [9.17, 15) is 17.6 Å². The molecule has 0 unspecified atom stereocenters. The van der Waals surface area contributed by atoms with Crippen molar-refractivity contribution in [3.63, 3.8) is 0 Å². The summed E-state index contributed by atoms with van der Waals surface area (Å²) in [7, 11) is -2.69. The zero-order valence-electron chi connectivity index (χ0n) is 16.7. The number of benzene rings is 3. The van der Waals surface area contributed by atoms with Crippen molar-refractivity contribution in [1.82, 2.24) is 4.31 Å². The fraction of sp³-hybridized carbons (Fsp3) is 0.174. The number of esters is 1. The van der Waals surface area contributed by atoms with Crippen molar-refractivity contribution < 1.29 is 27.1 Å². The van der Waals surface area contributed by atoms with Crippen molar-refractivity contribution in [2.24, 2.45) is 0 Å². The number of methoxy groups -OCH3 is 1. The van der Waals surface area contributed by atoms with Gasteiger partial charge in [0, 0.05) is 12.1 Å². The molecule has 4 rings (SSSR count). The van der Waals surface area contributed by atoms with Gasteiger partial charge in [0.1, 0.15) is 18.2 Å². The molecule has 0 radical (unpaired) electrons. The lowest BCUT2D eigenvalue weighted by molar-refractivity contribution is 0.0600. The van der Waals surface area contributed by atoms with E-state index in [1.54, 1.807) is 18.2 Å². The zero-order chi connectivity index (χ0) is 22.0. The fourth-order valence-corrected chi connectivity index (χ4v) is 5.10. The second-order valence-corrected chi connectivity index (χ2v) is 8.95. The molecule has 1 aliphatic heterocycles. The summed E-state index contributed by atoms with van der Waals surface area (Å²) in [4.78, 5) is 11.9. The Labute approximate surface area is 179 Å². The van der Waals surface area contributed by atoms with Gasteiger partial charge in [-0.3, -0.25) is 0 Å². The minimum absolute atomic E-state index is 0.00976. The molecular formula is C23H20FNO5S. The van der Waals surface area contributed by atoms with E-state index in [1.165, 1.54) is 23.5 Å². The number of hydrogen-bond acceptors (Lipinski definition) is 5. The molecule has 31 heavy (non-hydrogen) atoms. The summed E-state index contributed by atoms with van der Waals surface area (Å²) >= 11 is 0. The van der Waals surface area contributed by atoms with Gasteiger partial charge < -0.3 is 9.47 Å². The fourth-order valence-electron chi connectivity index (χ4n) is 3.53. The molecule has 1 atom stereocenters. The Balaban J connectivity index is 1.80. The number of carbonyl (C=O) groups excluding carboxylic acids is 1. The molecule has 0 saturated carbocycles. The third-order valence-electron chi connectivity index (χ3n) is 5.16. The van der Waals surface area contributed by atoms with Crippen LogP contribution in [0.1, 0.15) is 27.5 Å². The summed E-state index contributed by atoms with van der Waals surface area (Å²) < 4.78 is 52.5. The van der Waals surface area contributed by atoms with E-state index in [-0.39, 0.29) is 18.0 Å². The van der Waals surface area contributed by atoms with Gasteiger partial charge in [0.25, 0.3) is 0 Å². The lowest BCUT2D eigenvalue weighted by Gasteiger charge is -2.28. The van der Waals surface area contributed by atoms with Crippen LogP contribution < -0.4 is 4.74 Å². The number of sulfonamides is 1. The number of hydrogen-bond donors (Lipinski definition) is 0.